The molecule has 0 unspecified atom stereocenters. The van der Waals surface area contributed by atoms with Crippen molar-refractivity contribution in [3.05, 3.63) is 48.5 Å². The second kappa shape index (κ2) is 7.77. The Labute approximate surface area is 151 Å². The number of ether oxygens (including phenoxy) is 2. The Kier molecular flexibility index (Phi) is 5.26. The predicted octanol–water partition coefficient (Wildman–Crippen LogP) is 2.63. The van der Waals surface area contributed by atoms with E-state index >= 15 is 0 Å². The van der Waals surface area contributed by atoms with Crippen molar-refractivity contribution in [2.24, 2.45) is 0 Å². The first-order chi connectivity index (χ1) is 12.6. The molecule has 0 aliphatic carbocycles. The summed E-state index contributed by atoms with van der Waals surface area (Å²) in [7, 11) is 3.14. The number of urea groups is 1. The second-order valence-electron chi connectivity index (χ2n) is 5.90. The van der Waals surface area contributed by atoms with E-state index in [0.29, 0.717) is 18.0 Å². The maximum absolute atomic E-state index is 12.3. The number of rotatable bonds is 5. The van der Waals surface area contributed by atoms with Crippen molar-refractivity contribution in [3.63, 3.8) is 0 Å². The highest BCUT2D eigenvalue weighted by atomic mass is 16.5. The number of nitrogens with one attached hydrogen (secondary N) is 2. The van der Waals surface area contributed by atoms with Crippen LogP contribution in [0, 0.1) is 0 Å². The molecule has 26 heavy (non-hydrogen) atoms. The monoisotopic (exact) mass is 355 g/mol. The Balaban J connectivity index is 1.60. The highest BCUT2D eigenvalue weighted by Crippen LogP contribution is 2.25. The number of hydrogen-bond acceptors (Lipinski definition) is 4. The third kappa shape index (κ3) is 3.88. The normalized spacial score (nSPS) is 16.3. The molecule has 2 aromatic carbocycles. The van der Waals surface area contributed by atoms with Gasteiger partial charge in [-0.1, -0.05) is 12.1 Å². The minimum Gasteiger partial charge on any atom is -0.497 e. The number of nitrogens with zero attached hydrogens (tertiary/aromatic N) is 1. The fourth-order valence-electron chi connectivity index (χ4n) is 2.91. The molecule has 7 heteroatoms. The van der Waals surface area contributed by atoms with Crippen LogP contribution in [0.25, 0.3) is 0 Å². The lowest BCUT2D eigenvalue weighted by atomic mass is 10.2. The highest BCUT2D eigenvalue weighted by Gasteiger charge is 2.31. The van der Waals surface area contributed by atoms with Crippen LogP contribution in [-0.4, -0.2) is 38.7 Å². The van der Waals surface area contributed by atoms with Gasteiger partial charge in [-0.3, -0.25) is 4.79 Å². The van der Waals surface area contributed by atoms with Crippen LogP contribution in [0.2, 0.25) is 0 Å². The lowest BCUT2D eigenvalue weighted by Crippen LogP contribution is -2.39. The third-order valence-corrected chi connectivity index (χ3v) is 4.20. The maximum atomic E-state index is 12.3. The molecule has 1 aliphatic heterocycles. The van der Waals surface area contributed by atoms with Gasteiger partial charge >= 0.3 is 6.03 Å². The van der Waals surface area contributed by atoms with Crippen molar-refractivity contribution in [1.29, 1.82) is 0 Å². The highest BCUT2D eigenvalue weighted by molar-refractivity contribution is 5.98. The molecule has 1 heterocycles. The Morgan fingerprint density at radius 2 is 1.81 bits per heavy atom. The zero-order valence-electron chi connectivity index (χ0n) is 14.7. The van der Waals surface area contributed by atoms with Crippen LogP contribution in [0.1, 0.15) is 6.42 Å². The molecule has 7 nitrogen and oxygen atoms in total. The summed E-state index contributed by atoms with van der Waals surface area (Å²) in [6.07, 6.45) is 0.255. The summed E-state index contributed by atoms with van der Waals surface area (Å²) in [5.41, 5.74) is 1.36. The summed E-state index contributed by atoms with van der Waals surface area (Å²) in [6.45, 7) is 0.421. The van der Waals surface area contributed by atoms with E-state index in [1.807, 2.05) is 24.3 Å². The Bertz CT molecular complexity index is 792. The topological polar surface area (TPSA) is 79.9 Å². The molecule has 0 aromatic heterocycles. The molecule has 3 amide bonds. The first-order valence-electron chi connectivity index (χ1n) is 8.25. The minimum atomic E-state index is -0.371. The summed E-state index contributed by atoms with van der Waals surface area (Å²) in [5, 5.41) is 5.59. The molecule has 1 saturated heterocycles. The van der Waals surface area contributed by atoms with Gasteiger partial charge in [0.2, 0.25) is 5.91 Å². The molecular weight excluding hydrogens is 334 g/mol. The molecule has 0 bridgehead atoms. The Morgan fingerprint density at radius 3 is 2.50 bits per heavy atom. The van der Waals surface area contributed by atoms with E-state index in [0.717, 1.165) is 11.4 Å². The molecule has 136 valence electrons. The number of methoxy groups -OCH3 is 2. The van der Waals surface area contributed by atoms with Gasteiger partial charge in [0.25, 0.3) is 0 Å². The number of anilines is 2. The van der Waals surface area contributed by atoms with E-state index < -0.39 is 0 Å². The lowest BCUT2D eigenvalue weighted by Gasteiger charge is -2.18. The molecular formula is C19H21N3O4. The van der Waals surface area contributed by atoms with Crippen molar-refractivity contribution >= 4 is 23.3 Å². The second-order valence-corrected chi connectivity index (χ2v) is 5.90. The van der Waals surface area contributed by atoms with Gasteiger partial charge < -0.3 is 25.0 Å². The number of amides is 3. The minimum absolute atomic E-state index is 0.0299. The van der Waals surface area contributed by atoms with Crippen LogP contribution in [0.5, 0.6) is 11.5 Å². The van der Waals surface area contributed by atoms with E-state index in [1.54, 1.807) is 43.4 Å². The van der Waals surface area contributed by atoms with E-state index in [2.05, 4.69) is 10.6 Å². The summed E-state index contributed by atoms with van der Waals surface area (Å²) >= 11 is 0. The van der Waals surface area contributed by atoms with Gasteiger partial charge in [-0.2, -0.15) is 0 Å². The summed E-state index contributed by atoms with van der Waals surface area (Å²) in [5.74, 6) is 1.27. The number of carbonyl (C=O) groups excluding carboxylic acids is 2. The van der Waals surface area contributed by atoms with E-state index in [1.165, 1.54) is 0 Å². The fraction of sp³-hybridized carbons (Fsp3) is 0.263. The molecule has 3 rings (SSSR count). The van der Waals surface area contributed by atoms with Crippen LogP contribution < -0.4 is 25.0 Å². The molecule has 2 N–H and O–H groups in total. The molecule has 0 saturated carbocycles. The van der Waals surface area contributed by atoms with Gasteiger partial charge in [-0.15, -0.1) is 0 Å². The maximum Gasteiger partial charge on any atom is 0.319 e. The smallest absolute Gasteiger partial charge is 0.319 e. The van der Waals surface area contributed by atoms with Crippen LogP contribution in [0.4, 0.5) is 16.2 Å². The van der Waals surface area contributed by atoms with Crippen molar-refractivity contribution in [2.45, 2.75) is 12.5 Å². The van der Waals surface area contributed by atoms with Gasteiger partial charge in [0, 0.05) is 18.7 Å². The average Bonchev–Trinajstić information content (AvgIpc) is 3.02. The van der Waals surface area contributed by atoms with Crippen molar-refractivity contribution < 1.29 is 19.1 Å². The lowest BCUT2D eigenvalue weighted by molar-refractivity contribution is -0.117. The van der Waals surface area contributed by atoms with Crippen molar-refractivity contribution in [1.82, 2.24) is 5.32 Å². The molecule has 0 radical (unpaired) electrons. The first-order valence-corrected chi connectivity index (χ1v) is 8.25. The van der Waals surface area contributed by atoms with Crippen LogP contribution in [0.15, 0.2) is 48.5 Å². The van der Waals surface area contributed by atoms with Crippen LogP contribution in [-0.2, 0) is 4.79 Å². The first kappa shape index (κ1) is 17.6. The van der Waals surface area contributed by atoms with Crippen molar-refractivity contribution in [3.8, 4) is 11.5 Å². The van der Waals surface area contributed by atoms with Gasteiger partial charge in [0.1, 0.15) is 11.5 Å². The number of hydrogen-bond donors (Lipinski definition) is 2. The van der Waals surface area contributed by atoms with Crippen molar-refractivity contribution in [2.75, 3.05) is 31.0 Å². The summed E-state index contributed by atoms with van der Waals surface area (Å²) in [4.78, 5) is 26.2. The predicted molar refractivity (Wildman–Crippen MR) is 98.9 cm³/mol. The molecule has 1 fully saturated rings. The van der Waals surface area contributed by atoms with Gasteiger partial charge in [-0.05, 0) is 36.4 Å². The number of carbonyl (C=O) groups is 2. The van der Waals surface area contributed by atoms with Gasteiger partial charge in [0.05, 0.1) is 25.9 Å². The van der Waals surface area contributed by atoms with E-state index in [-0.39, 0.29) is 24.4 Å². The molecule has 0 spiro atoms. The summed E-state index contributed by atoms with van der Waals surface area (Å²) in [6, 6.07) is 13.8. The zero-order chi connectivity index (χ0) is 18.5. The van der Waals surface area contributed by atoms with E-state index in [4.69, 9.17) is 9.47 Å². The molecule has 1 atom stereocenters. The van der Waals surface area contributed by atoms with Crippen LogP contribution in [0.3, 0.4) is 0 Å². The number of benzene rings is 2. The fourth-order valence-corrected chi connectivity index (χ4v) is 2.91. The summed E-state index contributed by atoms with van der Waals surface area (Å²) < 4.78 is 10.3. The average molecular weight is 355 g/mol. The number of para-hydroxylation sites is 2. The Hall–Kier alpha value is -3.22. The SMILES string of the molecule is COc1ccc(N2C[C@H](NC(=O)Nc3ccccc3OC)CC2=O)cc1. The van der Waals surface area contributed by atoms with Gasteiger partial charge in [0.15, 0.2) is 0 Å². The van der Waals surface area contributed by atoms with E-state index in [9.17, 15) is 9.59 Å². The quantitative estimate of drug-likeness (QED) is 0.864. The molecule has 2 aromatic rings. The Morgan fingerprint density at radius 1 is 1.08 bits per heavy atom. The standard InChI is InChI=1S/C19H21N3O4/c1-25-15-9-7-14(8-10-15)22-12-13(11-18(22)23)20-19(24)21-16-5-3-4-6-17(16)26-2/h3-10,13H,11-12H2,1-2H3,(H2,20,21,24)/t13-/m1/s1. The zero-order valence-corrected chi connectivity index (χ0v) is 14.7. The van der Waals surface area contributed by atoms with Gasteiger partial charge in [-0.25, -0.2) is 4.79 Å². The van der Waals surface area contributed by atoms with Crippen LogP contribution >= 0.6 is 0 Å². The third-order valence-electron chi connectivity index (χ3n) is 4.20. The molecule has 1 aliphatic rings. The largest absolute Gasteiger partial charge is 0.497 e.